The summed E-state index contributed by atoms with van der Waals surface area (Å²) in [4.78, 5) is 17.1. The quantitative estimate of drug-likeness (QED) is 0.837. The van der Waals surface area contributed by atoms with Crippen molar-refractivity contribution in [1.29, 1.82) is 0 Å². The SMILES string of the molecule is O=C(c1ccc(F)cc1F)N1C[C@@H]2CC[C@H]1CN(Cc1ccccc1)C2. The van der Waals surface area contributed by atoms with Crippen LogP contribution in [0.3, 0.4) is 0 Å². The van der Waals surface area contributed by atoms with Gasteiger partial charge >= 0.3 is 0 Å². The third kappa shape index (κ3) is 3.49. The zero-order valence-electron chi connectivity index (χ0n) is 14.6. The summed E-state index contributed by atoms with van der Waals surface area (Å²) < 4.78 is 27.2. The molecule has 3 saturated heterocycles. The van der Waals surface area contributed by atoms with Gasteiger partial charge in [-0.1, -0.05) is 30.3 Å². The smallest absolute Gasteiger partial charge is 0.257 e. The fraction of sp³-hybridized carbons (Fsp3) is 0.381. The van der Waals surface area contributed by atoms with E-state index in [9.17, 15) is 13.6 Å². The molecule has 3 heterocycles. The summed E-state index contributed by atoms with van der Waals surface area (Å²) >= 11 is 0. The van der Waals surface area contributed by atoms with E-state index in [-0.39, 0.29) is 17.5 Å². The van der Waals surface area contributed by atoms with Gasteiger partial charge in [0.15, 0.2) is 0 Å². The number of hydrogen-bond acceptors (Lipinski definition) is 2. The molecule has 0 spiro atoms. The van der Waals surface area contributed by atoms with Crippen LogP contribution in [-0.2, 0) is 6.54 Å². The van der Waals surface area contributed by atoms with Gasteiger partial charge in [0.25, 0.3) is 5.91 Å². The van der Waals surface area contributed by atoms with E-state index in [1.807, 2.05) is 18.2 Å². The van der Waals surface area contributed by atoms with Crippen LogP contribution in [0.2, 0.25) is 0 Å². The number of carbonyl (C=O) groups excluding carboxylic acids is 1. The maximum absolute atomic E-state index is 14.1. The molecule has 5 rings (SSSR count). The Morgan fingerprint density at radius 1 is 1.00 bits per heavy atom. The van der Waals surface area contributed by atoms with Crippen LogP contribution in [0.4, 0.5) is 8.78 Å². The van der Waals surface area contributed by atoms with Gasteiger partial charge in [0.1, 0.15) is 11.6 Å². The van der Waals surface area contributed by atoms with E-state index in [2.05, 4.69) is 17.0 Å². The van der Waals surface area contributed by atoms with Crippen LogP contribution in [0.5, 0.6) is 0 Å². The minimum atomic E-state index is -0.781. The van der Waals surface area contributed by atoms with Crippen molar-refractivity contribution in [3.63, 3.8) is 0 Å². The van der Waals surface area contributed by atoms with E-state index >= 15 is 0 Å². The van der Waals surface area contributed by atoms with Gasteiger partial charge in [-0.15, -0.1) is 0 Å². The van der Waals surface area contributed by atoms with Crippen LogP contribution in [0.25, 0.3) is 0 Å². The zero-order valence-corrected chi connectivity index (χ0v) is 14.6. The van der Waals surface area contributed by atoms with Gasteiger partial charge < -0.3 is 4.90 Å². The number of benzene rings is 2. The molecule has 0 radical (unpaired) electrons. The molecule has 2 atom stereocenters. The van der Waals surface area contributed by atoms with E-state index in [1.54, 1.807) is 4.90 Å². The second-order valence-electron chi connectivity index (χ2n) is 7.36. The Bertz CT molecular complexity index is 796. The Morgan fingerprint density at radius 2 is 1.81 bits per heavy atom. The average Bonchev–Trinajstić information content (AvgIpc) is 2.92. The summed E-state index contributed by atoms with van der Waals surface area (Å²) in [5, 5.41) is 0. The highest BCUT2D eigenvalue weighted by Gasteiger charge is 2.38. The van der Waals surface area contributed by atoms with Gasteiger partial charge in [-0.2, -0.15) is 0 Å². The van der Waals surface area contributed by atoms with Crippen LogP contribution < -0.4 is 0 Å². The van der Waals surface area contributed by atoms with E-state index in [0.717, 1.165) is 44.6 Å². The van der Waals surface area contributed by atoms with Crippen molar-refractivity contribution >= 4 is 5.91 Å². The Kier molecular flexibility index (Phi) is 4.72. The summed E-state index contributed by atoms with van der Waals surface area (Å²) in [6.07, 6.45) is 2.02. The first kappa shape index (κ1) is 17.2. The summed E-state index contributed by atoms with van der Waals surface area (Å²) in [6, 6.07) is 13.6. The number of hydrogen-bond donors (Lipinski definition) is 0. The maximum Gasteiger partial charge on any atom is 0.257 e. The molecule has 3 fully saturated rings. The van der Waals surface area contributed by atoms with Gasteiger partial charge in [0.05, 0.1) is 5.56 Å². The molecule has 3 aliphatic rings. The van der Waals surface area contributed by atoms with Crippen molar-refractivity contribution < 1.29 is 13.6 Å². The number of fused-ring (bicyclic) bond motifs is 4. The lowest BCUT2D eigenvalue weighted by Gasteiger charge is -2.36. The first-order valence-corrected chi connectivity index (χ1v) is 9.12. The summed E-state index contributed by atoms with van der Waals surface area (Å²) in [6.45, 7) is 3.24. The monoisotopic (exact) mass is 356 g/mol. The lowest BCUT2D eigenvalue weighted by atomic mass is 9.94. The van der Waals surface area contributed by atoms with E-state index in [1.165, 1.54) is 11.6 Å². The Labute approximate surface area is 152 Å². The second kappa shape index (κ2) is 7.16. The van der Waals surface area contributed by atoms with Gasteiger partial charge in [-0.05, 0) is 36.5 Å². The van der Waals surface area contributed by atoms with Crippen LogP contribution >= 0.6 is 0 Å². The van der Waals surface area contributed by atoms with Crippen LogP contribution in [0.1, 0.15) is 28.8 Å². The van der Waals surface area contributed by atoms with Crippen molar-refractivity contribution in [1.82, 2.24) is 9.80 Å². The molecular formula is C21H22F2N2O. The molecule has 2 aromatic carbocycles. The Morgan fingerprint density at radius 3 is 2.58 bits per heavy atom. The highest BCUT2D eigenvalue weighted by atomic mass is 19.1. The molecule has 0 unspecified atom stereocenters. The summed E-state index contributed by atoms with van der Waals surface area (Å²) in [5.41, 5.74) is 1.23. The number of nitrogens with zero attached hydrogens (tertiary/aromatic N) is 2. The molecule has 26 heavy (non-hydrogen) atoms. The molecule has 136 valence electrons. The molecule has 2 bridgehead atoms. The van der Waals surface area contributed by atoms with Crippen molar-refractivity contribution in [3.05, 3.63) is 71.3 Å². The molecule has 1 amide bonds. The van der Waals surface area contributed by atoms with Gasteiger partial charge in [0, 0.05) is 38.3 Å². The summed E-state index contributed by atoms with van der Waals surface area (Å²) in [7, 11) is 0. The number of rotatable bonds is 3. The predicted octanol–water partition coefficient (Wildman–Crippen LogP) is 3.70. The molecule has 5 heteroatoms. The molecule has 2 aromatic rings. The standard InChI is InChI=1S/C21H22F2N2O/c22-17-7-9-19(20(23)10-17)21(26)25-13-16-6-8-18(25)14-24(12-16)11-15-4-2-1-3-5-15/h1-5,7,9-10,16,18H,6,8,11-14H2/t16-,18+/m1/s1. The van der Waals surface area contributed by atoms with E-state index in [4.69, 9.17) is 0 Å². The van der Waals surface area contributed by atoms with Gasteiger partial charge in [-0.3, -0.25) is 9.69 Å². The third-order valence-corrected chi connectivity index (χ3v) is 5.46. The predicted molar refractivity (Wildman–Crippen MR) is 95.6 cm³/mol. The number of halogens is 2. The molecule has 3 nitrogen and oxygen atoms in total. The summed E-state index contributed by atoms with van der Waals surface area (Å²) in [5.74, 6) is -1.37. The third-order valence-electron chi connectivity index (χ3n) is 5.46. The largest absolute Gasteiger partial charge is 0.334 e. The average molecular weight is 356 g/mol. The van der Waals surface area contributed by atoms with Crippen LogP contribution in [-0.4, -0.2) is 41.4 Å². The fourth-order valence-electron chi connectivity index (χ4n) is 4.22. The van der Waals surface area contributed by atoms with Crippen LogP contribution in [0.15, 0.2) is 48.5 Å². The zero-order chi connectivity index (χ0) is 18.1. The number of amides is 1. The van der Waals surface area contributed by atoms with E-state index < -0.39 is 11.6 Å². The maximum atomic E-state index is 14.1. The minimum Gasteiger partial charge on any atom is -0.334 e. The lowest BCUT2D eigenvalue weighted by Crippen LogP contribution is -2.47. The number of carbonyl (C=O) groups is 1. The first-order chi connectivity index (χ1) is 12.6. The molecule has 0 aliphatic carbocycles. The molecule has 0 saturated carbocycles. The normalized spacial score (nSPS) is 23.1. The van der Waals surface area contributed by atoms with Crippen molar-refractivity contribution in [2.24, 2.45) is 5.92 Å². The van der Waals surface area contributed by atoms with Crippen molar-refractivity contribution in [2.75, 3.05) is 19.6 Å². The number of piperidine rings is 1. The van der Waals surface area contributed by atoms with E-state index in [0.29, 0.717) is 12.5 Å². The highest BCUT2D eigenvalue weighted by Crippen LogP contribution is 2.30. The minimum absolute atomic E-state index is 0.0337. The topological polar surface area (TPSA) is 23.6 Å². The molecule has 3 aliphatic heterocycles. The molecular weight excluding hydrogens is 334 g/mol. The molecule has 0 N–H and O–H groups in total. The molecule has 0 aromatic heterocycles. The lowest BCUT2D eigenvalue weighted by molar-refractivity contribution is 0.0580. The van der Waals surface area contributed by atoms with Crippen molar-refractivity contribution in [2.45, 2.75) is 25.4 Å². The second-order valence-corrected chi connectivity index (χ2v) is 7.36. The Balaban J connectivity index is 1.52. The van der Waals surface area contributed by atoms with Gasteiger partial charge in [0.2, 0.25) is 0 Å². The van der Waals surface area contributed by atoms with Crippen LogP contribution in [0, 0.1) is 17.6 Å². The van der Waals surface area contributed by atoms with Gasteiger partial charge in [-0.25, -0.2) is 8.78 Å². The highest BCUT2D eigenvalue weighted by molar-refractivity contribution is 5.94. The first-order valence-electron chi connectivity index (χ1n) is 9.12. The Hall–Kier alpha value is -2.27. The van der Waals surface area contributed by atoms with Crippen molar-refractivity contribution in [3.8, 4) is 0 Å². The fourth-order valence-corrected chi connectivity index (χ4v) is 4.22.